The van der Waals surface area contributed by atoms with Crippen LogP contribution >= 0.6 is 0 Å². The lowest BCUT2D eigenvalue weighted by Crippen LogP contribution is -2.18. The number of nitrogens with zero attached hydrogens (tertiary/aromatic N) is 3. The van der Waals surface area contributed by atoms with Crippen LogP contribution < -0.4 is 4.74 Å². The Hall–Kier alpha value is -3.35. The van der Waals surface area contributed by atoms with E-state index in [1.165, 1.54) is 24.4 Å². The molecular weight excluding hydrogens is 325 g/mol. The first kappa shape index (κ1) is 15.2. The monoisotopic (exact) mass is 337 g/mol. The van der Waals surface area contributed by atoms with Crippen LogP contribution in [0.3, 0.4) is 0 Å². The minimum atomic E-state index is -0.842. The van der Waals surface area contributed by atoms with E-state index in [0.29, 0.717) is 22.8 Å². The Labute approximate surface area is 142 Å². The van der Waals surface area contributed by atoms with Gasteiger partial charge in [-0.1, -0.05) is 17.3 Å². The zero-order valence-electron chi connectivity index (χ0n) is 13.1. The van der Waals surface area contributed by atoms with Crippen molar-refractivity contribution >= 4 is 17.7 Å². The van der Waals surface area contributed by atoms with Crippen molar-refractivity contribution in [2.24, 2.45) is 4.99 Å². The Morgan fingerprint density at radius 1 is 1.16 bits per heavy atom. The van der Waals surface area contributed by atoms with E-state index in [4.69, 9.17) is 9.26 Å². The molecule has 7 heteroatoms. The minimum Gasteiger partial charge on any atom is -0.496 e. The summed E-state index contributed by atoms with van der Waals surface area (Å²) in [7, 11) is 1.54. The zero-order chi connectivity index (χ0) is 17.4. The highest BCUT2D eigenvalue weighted by Crippen LogP contribution is 2.33. The first-order valence-corrected chi connectivity index (χ1v) is 7.52. The summed E-state index contributed by atoms with van der Waals surface area (Å²) in [6, 6.07) is 11.1. The molecule has 1 unspecified atom stereocenters. The molecule has 0 bridgehead atoms. The number of para-hydroxylation sites is 1. The molecule has 0 spiro atoms. The number of hydrogen-bond acceptors (Lipinski definition) is 6. The van der Waals surface area contributed by atoms with Crippen LogP contribution in [0.15, 0.2) is 52.0 Å². The number of methoxy groups -OCH3 is 1. The van der Waals surface area contributed by atoms with E-state index in [1.807, 2.05) is 12.1 Å². The second-order valence-corrected chi connectivity index (χ2v) is 5.44. The second kappa shape index (κ2) is 5.94. The standard InChI is InChI=1S/C18H12FN3O3/c1-24-15-5-3-2-4-11(15)17-21-18(25-22-17)13-9-20-14-7-6-10(19)8-12(14)16(13)23/h2-9,13H,1H3. The van der Waals surface area contributed by atoms with Crippen LogP contribution in [-0.2, 0) is 0 Å². The number of carbonyl (C=O) groups excluding carboxylic acids is 1. The first-order valence-electron chi connectivity index (χ1n) is 7.52. The highest BCUT2D eigenvalue weighted by Gasteiger charge is 2.31. The number of carbonyl (C=O) groups is 1. The zero-order valence-corrected chi connectivity index (χ0v) is 13.1. The molecule has 4 rings (SSSR count). The Kier molecular flexibility index (Phi) is 3.61. The fourth-order valence-corrected chi connectivity index (χ4v) is 2.68. The smallest absolute Gasteiger partial charge is 0.243 e. The van der Waals surface area contributed by atoms with E-state index >= 15 is 0 Å². The summed E-state index contributed by atoms with van der Waals surface area (Å²) in [4.78, 5) is 21.1. The number of fused-ring (bicyclic) bond motifs is 1. The number of Topliss-reactive ketones (excluding diaryl/α,β-unsaturated/α-hetero) is 1. The van der Waals surface area contributed by atoms with Crippen molar-refractivity contribution in [3.8, 4) is 17.1 Å². The molecule has 1 aromatic heterocycles. The minimum absolute atomic E-state index is 0.101. The summed E-state index contributed by atoms with van der Waals surface area (Å²) in [5.41, 5.74) is 1.27. The molecule has 1 atom stereocenters. The van der Waals surface area contributed by atoms with Gasteiger partial charge in [-0.3, -0.25) is 9.79 Å². The summed E-state index contributed by atoms with van der Waals surface area (Å²) in [6.45, 7) is 0. The molecule has 0 aliphatic carbocycles. The van der Waals surface area contributed by atoms with Crippen molar-refractivity contribution in [1.29, 1.82) is 0 Å². The number of ketones is 1. The van der Waals surface area contributed by atoms with Crippen LogP contribution in [0, 0.1) is 5.82 Å². The van der Waals surface area contributed by atoms with Gasteiger partial charge in [-0.25, -0.2) is 4.39 Å². The second-order valence-electron chi connectivity index (χ2n) is 5.44. The summed E-state index contributed by atoms with van der Waals surface area (Å²) < 4.78 is 24.0. The fourth-order valence-electron chi connectivity index (χ4n) is 2.68. The molecule has 6 nitrogen and oxygen atoms in total. The maximum atomic E-state index is 13.4. The predicted molar refractivity (Wildman–Crippen MR) is 87.9 cm³/mol. The molecule has 3 aromatic rings. The summed E-state index contributed by atoms with van der Waals surface area (Å²) >= 11 is 0. The van der Waals surface area contributed by atoms with E-state index in [9.17, 15) is 9.18 Å². The Morgan fingerprint density at radius 3 is 2.84 bits per heavy atom. The third kappa shape index (κ3) is 2.59. The van der Waals surface area contributed by atoms with Gasteiger partial charge in [0.05, 0.1) is 18.4 Å². The van der Waals surface area contributed by atoms with Crippen LogP contribution in [0.1, 0.15) is 22.2 Å². The first-order chi connectivity index (χ1) is 12.2. The van der Waals surface area contributed by atoms with Gasteiger partial charge in [-0.15, -0.1) is 0 Å². The van der Waals surface area contributed by atoms with E-state index < -0.39 is 11.7 Å². The summed E-state index contributed by atoms with van der Waals surface area (Å²) in [5.74, 6) is -0.678. The molecule has 0 saturated carbocycles. The Morgan fingerprint density at radius 2 is 2.00 bits per heavy atom. The van der Waals surface area contributed by atoms with E-state index in [0.717, 1.165) is 0 Å². The normalized spacial score (nSPS) is 15.9. The maximum absolute atomic E-state index is 13.4. The lowest BCUT2D eigenvalue weighted by Gasteiger charge is -2.14. The van der Waals surface area contributed by atoms with Gasteiger partial charge in [-0.05, 0) is 30.3 Å². The van der Waals surface area contributed by atoms with Crippen LogP contribution in [-0.4, -0.2) is 29.2 Å². The largest absolute Gasteiger partial charge is 0.496 e. The van der Waals surface area contributed by atoms with Crippen molar-refractivity contribution < 1.29 is 18.4 Å². The van der Waals surface area contributed by atoms with Gasteiger partial charge >= 0.3 is 0 Å². The van der Waals surface area contributed by atoms with Crippen molar-refractivity contribution in [3.63, 3.8) is 0 Å². The molecule has 124 valence electrons. The quantitative estimate of drug-likeness (QED) is 0.730. The predicted octanol–water partition coefficient (Wildman–Crippen LogP) is 3.57. The van der Waals surface area contributed by atoms with Gasteiger partial charge < -0.3 is 9.26 Å². The molecule has 0 N–H and O–H groups in total. The van der Waals surface area contributed by atoms with Crippen LogP contribution in [0.2, 0.25) is 0 Å². The van der Waals surface area contributed by atoms with Crippen molar-refractivity contribution in [1.82, 2.24) is 10.1 Å². The number of ether oxygens (including phenoxy) is 1. The fraction of sp³-hybridized carbons (Fsp3) is 0.111. The molecule has 2 heterocycles. The molecule has 0 saturated heterocycles. The Bertz CT molecular complexity index is 997. The molecule has 1 aliphatic rings. The lowest BCUT2D eigenvalue weighted by molar-refractivity contribution is 0.0971. The number of rotatable bonds is 3. The molecule has 0 fully saturated rings. The van der Waals surface area contributed by atoms with Crippen LogP contribution in [0.4, 0.5) is 10.1 Å². The van der Waals surface area contributed by atoms with Crippen molar-refractivity contribution in [3.05, 3.63) is 59.7 Å². The average molecular weight is 337 g/mol. The summed E-state index contributed by atoms with van der Waals surface area (Å²) in [6.07, 6.45) is 1.43. The van der Waals surface area contributed by atoms with E-state index in [-0.39, 0.29) is 17.2 Å². The highest BCUT2D eigenvalue weighted by molar-refractivity contribution is 6.15. The number of aromatic nitrogens is 2. The number of halogens is 1. The molecule has 0 amide bonds. The SMILES string of the molecule is COc1ccccc1-c1noc(C2C=Nc3ccc(F)cc3C2=O)n1. The van der Waals surface area contributed by atoms with Gasteiger partial charge in [0.2, 0.25) is 11.7 Å². The van der Waals surface area contributed by atoms with Gasteiger partial charge in [0.1, 0.15) is 17.5 Å². The number of benzene rings is 2. The van der Waals surface area contributed by atoms with Gasteiger partial charge in [0.25, 0.3) is 0 Å². The maximum Gasteiger partial charge on any atom is 0.243 e. The molecule has 2 aromatic carbocycles. The highest BCUT2D eigenvalue weighted by atomic mass is 19.1. The topological polar surface area (TPSA) is 77.6 Å². The van der Waals surface area contributed by atoms with Gasteiger partial charge in [-0.2, -0.15) is 4.98 Å². The molecule has 1 aliphatic heterocycles. The third-order valence-corrected chi connectivity index (χ3v) is 3.92. The third-order valence-electron chi connectivity index (χ3n) is 3.92. The van der Waals surface area contributed by atoms with Crippen LogP contribution in [0.5, 0.6) is 5.75 Å². The number of aliphatic imine (C=N–C) groups is 1. The van der Waals surface area contributed by atoms with Gasteiger partial charge in [0.15, 0.2) is 5.78 Å². The summed E-state index contributed by atoms with van der Waals surface area (Å²) in [5, 5.41) is 3.92. The van der Waals surface area contributed by atoms with Crippen molar-refractivity contribution in [2.75, 3.05) is 7.11 Å². The molecule has 25 heavy (non-hydrogen) atoms. The van der Waals surface area contributed by atoms with Gasteiger partial charge in [0, 0.05) is 11.8 Å². The van der Waals surface area contributed by atoms with E-state index in [1.54, 1.807) is 19.2 Å². The Balaban J connectivity index is 1.71. The van der Waals surface area contributed by atoms with Crippen molar-refractivity contribution in [2.45, 2.75) is 5.92 Å². The lowest BCUT2D eigenvalue weighted by atomic mass is 9.94. The van der Waals surface area contributed by atoms with E-state index in [2.05, 4.69) is 15.1 Å². The molecular formula is C18H12FN3O3. The molecule has 0 radical (unpaired) electrons. The average Bonchev–Trinajstić information content (AvgIpc) is 3.12. The van der Waals surface area contributed by atoms with Crippen LogP contribution in [0.25, 0.3) is 11.4 Å². The number of hydrogen-bond donors (Lipinski definition) is 0.